The van der Waals surface area contributed by atoms with Crippen molar-refractivity contribution in [3.63, 3.8) is 0 Å². The summed E-state index contributed by atoms with van der Waals surface area (Å²) in [4.78, 5) is 12.4. The lowest BCUT2D eigenvalue weighted by Gasteiger charge is -2.24. The second-order valence-corrected chi connectivity index (χ2v) is 6.01. The van der Waals surface area contributed by atoms with E-state index in [-0.39, 0.29) is 11.7 Å². The van der Waals surface area contributed by atoms with E-state index in [1.165, 1.54) is 25.0 Å². The number of benzene rings is 1. The quantitative estimate of drug-likeness (QED) is 0.883. The molecule has 1 saturated heterocycles. The Kier molecular flexibility index (Phi) is 3.74. The van der Waals surface area contributed by atoms with Crippen molar-refractivity contribution in [2.24, 2.45) is 5.92 Å². The van der Waals surface area contributed by atoms with Crippen molar-refractivity contribution in [2.45, 2.75) is 31.1 Å². The number of rotatable bonds is 4. The van der Waals surface area contributed by atoms with E-state index in [0.29, 0.717) is 5.92 Å². The largest absolute Gasteiger partial charge is 0.355 e. The Morgan fingerprint density at radius 3 is 2.70 bits per heavy atom. The number of halogens is 1. The van der Waals surface area contributed by atoms with Crippen molar-refractivity contribution in [2.75, 3.05) is 19.6 Å². The molecular weight excluding hydrogens is 255 g/mol. The first-order valence-electron chi connectivity index (χ1n) is 7.46. The molecule has 4 heteroatoms. The molecule has 20 heavy (non-hydrogen) atoms. The van der Waals surface area contributed by atoms with Crippen LogP contribution < -0.4 is 10.6 Å². The molecule has 2 aliphatic rings. The molecule has 3 nitrogen and oxygen atoms in total. The Bertz CT molecular complexity index is 476. The fourth-order valence-corrected chi connectivity index (χ4v) is 3.05. The van der Waals surface area contributed by atoms with Crippen LogP contribution in [0.3, 0.4) is 0 Å². The molecule has 1 aromatic rings. The van der Waals surface area contributed by atoms with Crippen LogP contribution in [0.25, 0.3) is 0 Å². The minimum Gasteiger partial charge on any atom is -0.355 e. The fraction of sp³-hybridized carbons (Fsp3) is 0.562. The van der Waals surface area contributed by atoms with Gasteiger partial charge in [0.15, 0.2) is 0 Å². The Balaban J connectivity index is 1.60. The molecule has 1 aromatic carbocycles. The van der Waals surface area contributed by atoms with Crippen molar-refractivity contribution >= 4 is 5.91 Å². The number of piperidine rings is 1. The number of carbonyl (C=O) groups is 1. The van der Waals surface area contributed by atoms with Gasteiger partial charge in [-0.25, -0.2) is 4.39 Å². The number of hydrogen-bond donors (Lipinski definition) is 2. The van der Waals surface area contributed by atoms with Crippen LogP contribution in [0.4, 0.5) is 4.39 Å². The van der Waals surface area contributed by atoms with Gasteiger partial charge < -0.3 is 10.6 Å². The highest BCUT2D eigenvalue weighted by molar-refractivity contribution is 5.91. The maximum Gasteiger partial charge on any atom is 0.230 e. The van der Waals surface area contributed by atoms with E-state index in [2.05, 4.69) is 10.6 Å². The highest BCUT2D eigenvalue weighted by atomic mass is 19.1. The van der Waals surface area contributed by atoms with Gasteiger partial charge in [-0.2, -0.15) is 0 Å². The van der Waals surface area contributed by atoms with E-state index in [9.17, 15) is 9.18 Å². The van der Waals surface area contributed by atoms with E-state index in [4.69, 9.17) is 0 Å². The lowest BCUT2D eigenvalue weighted by molar-refractivity contribution is -0.123. The van der Waals surface area contributed by atoms with E-state index >= 15 is 0 Å². The van der Waals surface area contributed by atoms with E-state index in [1.54, 1.807) is 12.1 Å². The van der Waals surface area contributed by atoms with Gasteiger partial charge >= 0.3 is 0 Å². The van der Waals surface area contributed by atoms with Crippen LogP contribution in [0.1, 0.15) is 31.2 Å². The lowest BCUT2D eigenvalue weighted by atomic mass is 9.94. The molecule has 1 amide bonds. The van der Waals surface area contributed by atoms with Crippen molar-refractivity contribution in [1.29, 1.82) is 0 Å². The highest BCUT2D eigenvalue weighted by Gasteiger charge is 2.51. The molecule has 1 aliphatic heterocycles. The maximum atomic E-state index is 13.0. The van der Waals surface area contributed by atoms with Gasteiger partial charge in [0.25, 0.3) is 0 Å². The Hall–Kier alpha value is -1.42. The summed E-state index contributed by atoms with van der Waals surface area (Å²) in [6, 6.07) is 6.36. The zero-order valence-corrected chi connectivity index (χ0v) is 11.6. The number of amides is 1. The Morgan fingerprint density at radius 2 is 2.10 bits per heavy atom. The fourth-order valence-electron chi connectivity index (χ4n) is 3.05. The maximum absolute atomic E-state index is 13.0. The van der Waals surface area contributed by atoms with Crippen molar-refractivity contribution in [3.8, 4) is 0 Å². The topological polar surface area (TPSA) is 41.1 Å². The zero-order valence-electron chi connectivity index (χ0n) is 11.6. The van der Waals surface area contributed by atoms with E-state index < -0.39 is 5.41 Å². The monoisotopic (exact) mass is 276 g/mol. The van der Waals surface area contributed by atoms with E-state index in [1.807, 2.05) is 0 Å². The molecule has 1 aliphatic carbocycles. The summed E-state index contributed by atoms with van der Waals surface area (Å²) in [5.74, 6) is 0.393. The van der Waals surface area contributed by atoms with Gasteiger partial charge in [0.1, 0.15) is 5.82 Å². The van der Waals surface area contributed by atoms with Crippen molar-refractivity contribution in [3.05, 3.63) is 35.6 Å². The van der Waals surface area contributed by atoms with Crippen LogP contribution in [0.2, 0.25) is 0 Å². The summed E-state index contributed by atoms with van der Waals surface area (Å²) in [6.07, 6.45) is 4.10. The molecule has 0 radical (unpaired) electrons. The number of nitrogens with one attached hydrogen (secondary N) is 2. The molecule has 2 fully saturated rings. The van der Waals surface area contributed by atoms with Gasteiger partial charge in [0.2, 0.25) is 5.91 Å². The molecule has 0 aromatic heterocycles. The summed E-state index contributed by atoms with van der Waals surface area (Å²) in [7, 11) is 0. The van der Waals surface area contributed by atoms with Gasteiger partial charge in [-0.3, -0.25) is 4.79 Å². The first-order valence-corrected chi connectivity index (χ1v) is 7.46. The van der Waals surface area contributed by atoms with Gasteiger partial charge in [0.05, 0.1) is 5.41 Å². The first kappa shape index (κ1) is 13.6. The minimum absolute atomic E-state index is 0.106. The summed E-state index contributed by atoms with van der Waals surface area (Å²) in [5, 5.41) is 6.45. The predicted molar refractivity (Wildman–Crippen MR) is 75.9 cm³/mol. The van der Waals surface area contributed by atoms with Crippen LogP contribution in [0.5, 0.6) is 0 Å². The molecule has 0 bridgehead atoms. The van der Waals surface area contributed by atoms with Gasteiger partial charge in [0, 0.05) is 6.54 Å². The second kappa shape index (κ2) is 5.52. The highest BCUT2D eigenvalue weighted by Crippen LogP contribution is 2.48. The standard InChI is InChI=1S/C16H21FN2O/c17-14-5-3-13(4-6-14)16(7-8-16)15(20)19-11-12-2-1-9-18-10-12/h3-6,12,18H,1-2,7-11H2,(H,19,20). The number of hydrogen-bond acceptors (Lipinski definition) is 2. The molecule has 1 heterocycles. The van der Waals surface area contributed by atoms with Crippen LogP contribution in [-0.2, 0) is 10.2 Å². The molecule has 3 rings (SSSR count). The van der Waals surface area contributed by atoms with E-state index in [0.717, 1.165) is 38.0 Å². The summed E-state index contributed by atoms with van der Waals surface area (Å²) < 4.78 is 13.0. The predicted octanol–water partition coefficient (Wildman–Crippen LogP) is 1.97. The Labute approximate surface area is 118 Å². The summed E-state index contributed by atoms with van der Waals surface area (Å²) in [5.41, 5.74) is 0.550. The average Bonchev–Trinajstić information content (AvgIpc) is 3.28. The van der Waals surface area contributed by atoms with Gasteiger partial charge in [-0.1, -0.05) is 12.1 Å². The normalized spacial score (nSPS) is 24.1. The average molecular weight is 276 g/mol. The second-order valence-electron chi connectivity index (χ2n) is 6.01. The third-order valence-corrected chi connectivity index (χ3v) is 4.53. The SMILES string of the molecule is O=C(NCC1CCCNC1)C1(c2ccc(F)cc2)CC1. The molecule has 108 valence electrons. The molecule has 0 spiro atoms. The molecule has 2 N–H and O–H groups in total. The van der Waals surface area contributed by atoms with Crippen LogP contribution in [0, 0.1) is 11.7 Å². The summed E-state index contributed by atoms with van der Waals surface area (Å²) >= 11 is 0. The van der Waals surface area contributed by atoms with Gasteiger partial charge in [-0.05, 0) is 62.4 Å². The van der Waals surface area contributed by atoms with Crippen molar-refractivity contribution in [1.82, 2.24) is 10.6 Å². The molecule has 1 atom stereocenters. The molecular formula is C16H21FN2O. The van der Waals surface area contributed by atoms with Crippen LogP contribution in [0.15, 0.2) is 24.3 Å². The third kappa shape index (κ3) is 2.70. The van der Waals surface area contributed by atoms with Crippen molar-refractivity contribution < 1.29 is 9.18 Å². The third-order valence-electron chi connectivity index (χ3n) is 4.53. The zero-order chi connectivity index (χ0) is 14.0. The lowest BCUT2D eigenvalue weighted by Crippen LogP contribution is -2.41. The molecule has 1 unspecified atom stereocenters. The first-order chi connectivity index (χ1) is 9.71. The van der Waals surface area contributed by atoms with Gasteiger partial charge in [-0.15, -0.1) is 0 Å². The molecule has 1 saturated carbocycles. The smallest absolute Gasteiger partial charge is 0.230 e. The minimum atomic E-state index is -0.393. The number of carbonyl (C=O) groups excluding carboxylic acids is 1. The Morgan fingerprint density at radius 1 is 1.35 bits per heavy atom. The summed E-state index contributed by atoms with van der Waals surface area (Å²) in [6.45, 7) is 2.82. The van der Waals surface area contributed by atoms with Crippen LogP contribution >= 0.6 is 0 Å². The van der Waals surface area contributed by atoms with Crippen LogP contribution in [-0.4, -0.2) is 25.5 Å².